The zero-order valence-corrected chi connectivity index (χ0v) is 17.5. The van der Waals surface area contributed by atoms with Crippen LogP contribution in [0.4, 0.5) is 0 Å². The molecule has 1 aliphatic carbocycles. The minimum atomic E-state index is 0. The minimum absolute atomic E-state index is 0. The first-order valence-electron chi connectivity index (χ1n) is 10.1. The van der Waals surface area contributed by atoms with E-state index in [2.05, 4.69) is 17.1 Å². The van der Waals surface area contributed by atoms with Gasteiger partial charge in [0, 0.05) is 44.3 Å². The van der Waals surface area contributed by atoms with Crippen LogP contribution in [0.2, 0.25) is 0 Å². The molecule has 1 aromatic rings. The monoisotopic (exact) mass is 408 g/mol. The smallest absolute Gasteiger partial charge is 0.253 e. The Kier molecular flexibility index (Phi) is 8.73. The number of halogens is 1. The fraction of sp³-hybridized carbons (Fsp3) is 0.619. The van der Waals surface area contributed by atoms with Gasteiger partial charge in [-0.05, 0) is 49.3 Å². The lowest BCUT2D eigenvalue weighted by Gasteiger charge is -2.35. The molecule has 3 rings (SSSR count). The number of nitrogens with two attached hydrogens (primary N) is 1. The van der Waals surface area contributed by atoms with Gasteiger partial charge in [0.15, 0.2) is 0 Å². The number of nitrogens with one attached hydrogen (secondary N) is 1. The maximum absolute atomic E-state index is 12.6. The summed E-state index contributed by atoms with van der Waals surface area (Å²) in [4.78, 5) is 28.9. The molecular formula is C21H33ClN4O2. The van der Waals surface area contributed by atoms with Gasteiger partial charge in [-0.25, -0.2) is 0 Å². The summed E-state index contributed by atoms with van der Waals surface area (Å²) in [5, 5.41) is 3.19. The molecule has 1 saturated carbocycles. The lowest BCUT2D eigenvalue weighted by Crippen LogP contribution is -2.52. The first kappa shape index (κ1) is 22.7. The van der Waals surface area contributed by atoms with E-state index < -0.39 is 0 Å². The highest BCUT2D eigenvalue weighted by Gasteiger charge is 2.25. The number of piperazine rings is 1. The van der Waals surface area contributed by atoms with Crippen LogP contribution in [0.15, 0.2) is 24.3 Å². The van der Waals surface area contributed by atoms with Crippen molar-refractivity contribution in [3.8, 4) is 0 Å². The van der Waals surface area contributed by atoms with Crippen LogP contribution in [0.25, 0.3) is 0 Å². The van der Waals surface area contributed by atoms with Gasteiger partial charge in [0.05, 0.1) is 6.54 Å². The largest absolute Gasteiger partial charge is 0.352 e. The Labute approximate surface area is 174 Å². The van der Waals surface area contributed by atoms with Gasteiger partial charge in [-0.1, -0.05) is 19.1 Å². The van der Waals surface area contributed by atoms with E-state index in [0.717, 1.165) is 37.4 Å². The zero-order chi connectivity index (χ0) is 19.2. The standard InChI is InChI=1S/C21H32N4O2.ClH/c1-16-2-8-19(9-3-16)23-20(26)15-24-10-12-25(13-11-24)21(27)18-6-4-17(14-22)5-7-18;/h4-7,16,19H,2-3,8-15,22H2,1H3,(H,23,26);1H. The molecule has 6 nitrogen and oxygen atoms in total. The topological polar surface area (TPSA) is 78.7 Å². The summed E-state index contributed by atoms with van der Waals surface area (Å²) < 4.78 is 0. The van der Waals surface area contributed by atoms with E-state index in [1.807, 2.05) is 29.2 Å². The molecule has 2 fully saturated rings. The van der Waals surface area contributed by atoms with Crippen molar-refractivity contribution in [1.29, 1.82) is 0 Å². The zero-order valence-electron chi connectivity index (χ0n) is 16.7. The molecule has 0 spiro atoms. The fourth-order valence-electron chi connectivity index (χ4n) is 3.96. The highest BCUT2D eigenvalue weighted by molar-refractivity contribution is 5.94. The van der Waals surface area contributed by atoms with Gasteiger partial charge in [0.2, 0.25) is 5.91 Å². The molecule has 0 radical (unpaired) electrons. The number of carbonyl (C=O) groups excluding carboxylic acids is 2. The van der Waals surface area contributed by atoms with Gasteiger partial charge < -0.3 is 16.0 Å². The van der Waals surface area contributed by atoms with Gasteiger partial charge in [0.1, 0.15) is 0 Å². The van der Waals surface area contributed by atoms with Crippen molar-refractivity contribution in [1.82, 2.24) is 15.1 Å². The number of amides is 2. The van der Waals surface area contributed by atoms with Gasteiger partial charge in [-0.2, -0.15) is 0 Å². The molecule has 7 heteroatoms. The third-order valence-electron chi connectivity index (χ3n) is 5.84. The van der Waals surface area contributed by atoms with Crippen LogP contribution in [0.3, 0.4) is 0 Å². The van der Waals surface area contributed by atoms with Crippen LogP contribution in [-0.4, -0.2) is 60.4 Å². The third kappa shape index (κ3) is 6.19. The van der Waals surface area contributed by atoms with Crippen molar-refractivity contribution in [3.63, 3.8) is 0 Å². The fourth-order valence-corrected chi connectivity index (χ4v) is 3.96. The SMILES string of the molecule is CC1CCC(NC(=O)CN2CCN(C(=O)c3ccc(CN)cc3)CC2)CC1.Cl. The molecule has 0 atom stereocenters. The normalized spacial score (nSPS) is 23.0. The first-order valence-corrected chi connectivity index (χ1v) is 10.1. The Balaban J connectivity index is 0.00000280. The highest BCUT2D eigenvalue weighted by Crippen LogP contribution is 2.23. The van der Waals surface area contributed by atoms with Crippen LogP contribution in [0.1, 0.15) is 48.5 Å². The van der Waals surface area contributed by atoms with E-state index in [0.29, 0.717) is 37.8 Å². The molecule has 3 N–H and O–H groups in total. The molecule has 156 valence electrons. The summed E-state index contributed by atoms with van der Waals surface area (Å²) in [5.74, 6) is 0.959. The van der Waals surface area contributed by atoms with Crippen molar-refractivity contribution >= 4 is 24.2 Å². The van der Waals surface area contributed by atoms with Crippen LogP contribution < -0.4 is 11.1 Å². The Morgan fingerprint density at radius 1 is 1.04 bits per heavy atom. The summed E-state index contributed by atoms with van der Waals surface area (Å²) >= 11 is 0. The molecular weight excluding hydrogens is 376 g/mol. The molecule has 1 aromatic carbocycles. The van der Waals surface area contributed by atoms with Crippen LogP contribution in [0, 0.1) is 5.92 Å². The number of rotatable bonds is 5. The molecule has 0 unspecified atom stereocenters. The van der Waals surface area contributed by atoms with Gasteiger partial charge in [-0.3, -0.25) is 14.5 Å². The predicted octanol–water partition coefficient (Wildman–Crippen LogP) is 2.02. The van der Waals surface area contributed by atoms with Crippen molar-refractivity contribution < 1.29 is 9.59 Å². The molecule has 28 heavy (non-hydrogen) atoms. The minimum Gasteiger partial charge on any atom is -0.352 e. The average Bonchev–Trinajstić information content (AvgIpc) is 2.70. The summed E-state index contributed by atoms with van der Waals surface area (Å²) in [7, 11) is 0. The summed E-state index contributed by atoms with van der Waals surface area (Å²) in [6.07, 6.45) is 4.60. The summed E-state index contributed by atoms with van der Waals surface area (Å²) in [6, 6.07) is 7.83. The molecule has 2 aliphatic rings. The molecule has 1 aliphatic heterocycles. The van der Waals surface area contributed by atoms with Crippen LogP contribution >= 0.6 is 12.4 Å². The molecule has 2 amide bonds. The lowest BCUT2D eigenvalue weighted by atomic mass is 9.87. The predicted molar refractivity (Wildman–Crippen MR) is 113 cm³/mol. The van der Waals surface area contributed by atoms with Crippen LogP contribution in [-0.2, 0) is 11.3 Å². The molecule has 0 aromatic heterocycles. The van der Waals surface area contributed by atoms with Crippen LogP contribution in [0.5, 0.6) is 0 Å². The maximum atomic E-state index is 12.6. The second kappa shape index (κ2) is 10.8. The van der Waals surface area contributed by atoms with Gasteiger partial charge in [-0.15, -0.1) is 12.4 Å². The number of benzene rings is 1. The van der Waals surface area contributed by atoms with E-state index in [9.17, 15) is 9.59 Å². The average molecular weight is 409 g/mol. The Morgan fingerprint density at radius 3 is 2.21 bits per heavy atom. The van der Waals surface area contributed by atoms with E-state index in [-0.39, 0.29) is 24.2 Å². The van der Waals surface area contributed by atoms with Gasteiger partial charge in [0.25, 0.3) is 5.91 Å². The first-order chi connectivity index (χ1) is 13.0. The second-order valence-corrected chi connectivity index (χ2v) is 7.99. The van der Waals surface area contributed by atoms with Crippen molar-refractivity contribution in [2.24, 2.45) is 11.7 Å². The summed E-state index contributed by atoms with van der Waals surface area (Å²) in [5.41, 5.74) is 7.33. The molecule has 1 heterocycles. The Bertz CT molecular complexity index is 636. The van der Waals surface area contributed by atoms with Crippen molar-refractivity contribution in [2.45, 2.75) is 45.2 Å². The van der Waals surface area contributed by atoms with E-state index >= 15 is 0 Å². The van der Waals surface area contributed by atoms with Crippen molar-refractivity contribution in [3.05, 3.63) is 35.4 Å². The maximum Gasteiger partial charge on any atom is 0.253 e. The van der Waals surface area contributed by atoms with E-state index in [1.165, 1.54) is 12.8 Å². The molecule has 0 bridgehead atoms. The van der Waals surface area contributed by atoms with E-state index in [1.54, 1.807) is 0 Å². The lowest BCUT2D eigenvalue weighted by molar-refractivity contribution is -0.123. The molecule has 1 saturated heterocycles. The number of hydrogen-bond acceptors (Lipinski definition) is 4. The Morgan fingerprint density at radius 2 is 1.64 bits per heavy atom. The second-order valence-electron chi connectivity index (χ2n) is 7.99. The number of carbonyl (C=O) groups is 2. The number of hydrogen-bond donors (Lipinski definition) is 2. The third-order valence-corrected chi connectivity index (χ3v) is 5.84. The quantitative estimate of drug-likeness (QED) is 0.781. The van der Waals surface area contributed by atoms with Gasteiger partial charge >= 0.3 is 0 Å². The van der Waals surface area contributed by atoms with E-state index in [4.69, 9.17) is 5.73 Å². The Hall–Kier alpha value is -1.63. The highest BCUT2D eigenvalue weighted by atomic mass is 35.5. The summed E-state index contributed by atoms with van der Waals surface area (Å²) in [6.45, 7) is 5.99. The number of nitrogens with zero attached hydrogens (tertiary/aromatic N) is 2. The van der Waals surface area contributed by atoms with Crippen molar-refractivity contribution in [2.75, 3.05) is 32.7 Å².